The van der Waals surface area contributed by atoms with Gasteiger partial charge in [-0.1, -0.05) is 188 Å². The first-order chi connectivity index (χ1) is 28.9. The Labute approximate surface area is 366 Å². The van der Waals surface area contributed by atoms with E-state index in [1.165, 1.54) is 135 Å². The summed E-state index contributed by atoms with van der Waals surface area (Å²) in [5.74, 6) is 1.25. The van der Waals surface area contributed by atoms with Crippen LogP contribution in [0, 0.1) is 17.8 Å². The van der Waals surface area contributed by atoms with Crippen LogP contribution in [-0.2, 0) is 28.6 Å². The Morgan fingerprint density at radius 2 is 0.797 bits per heavy atom. The van der Waals surface area contributed by atoms with Gasteiger partial charge in [-0.3, -0.25) is 14.4 Å². The number of piperidine rings is 1. The lowest BCUT2D eigenvalue weighted by molar-refractivity contribution is -0.149. The second-order valence-electron chi connectivity index (χ2n) is 18.5. The third-order valence-electron chi connectivity index (χ3n) is 13.0. The van der Waals surface area contributed by atoms with Crippen molar-refractivity contribution in [3.63, 3.8) is 0 Å². The lowest BCUT2D eigenvalue weighted by atomic mass is 9.92. The molecule has 7 heteroatoms. The molecule has 348 valence electrons. The van der Waals surface area contributed by atoms with Gasteiger partial charge in [0.2, 0.25) is 0 Å². The molecule has 1 rings (SSSR count). The van der Waals surface area contributed by atoms with Crippen molar-refractivity contribution in [1.82, 2.24) is 4.90 Å². The van der Waals surface area contributed by atoms with Crippen molar-refractivity contribution in [2.75, 3.05) is 39.5 Å². The molecule has 1 aliphatic heterocycles. The molecule has 1 atom stereocenters. The van der Waals surface area contributed by atoms with Crippen molar-refractivity contribution in [2.24, 2.45) is 17.8 Å². The number of esters is 3. The number of carbonyl (C=O) groups is 3. The number of ether oxygens (including phenoxy) is 3. The molecule has 0 aromatic rings. The molecular weight excluding hydrogens is 735 g/mol. The molecule has 1 fully saturated rings. The quantitative estimate of drug-likeness (QED) is 0.0344. The highest BCUT2D eigenvalue weighted by Gasteiger charge is 2.20. The van der Waals surface area contributed by atoms with Gasteiger partial charge in [0.05, 0.1) is 25.7 Å². The van der Waals surface area contributed by atoms with Crippen LogP contribution in [0.15, 0.2) is 0 Å². The molecule has 1 unspecified atom stereocenters. The molecule has 7 nitrogen and oxygen atoms in total. The zero-order chi connectivity index (χ0) is 42.9. The summed E-state index contributed by atoms with van der Waals surface area (Å²) in [6.45, 7) is 14.1. The largest absolute Gasteiger partial charge is 0.466 e. The van der Waals surface area contributed by atoms with Gasteiger partial charge in [0.15, 0.2) is 0 Å². The maximum atomic E-state index is 13.3. The summed E-state index contributed by atoms with van der Waals surface area (Å²) < 4.78 is 17.2. The molecule has 0 radical (unpaired) electrons. The predicted octanol–water partition coefficient (Wildman–Crippen LogP) is 14.9. The van der Waals surface area contributed by atoms with Crippen LogP contribution in [-0.4, -0.2) is 62.3 Å². The Bertz CT molecular complexity index is 931. The average Bonchev–Trinajstić information content (AvgIpc) is 3.24. The first-order valence-corrected chi connectivity index (χ1v) is 26.1. The summed E-state index contributed by atoms with van der Waals surface area (Å²) in [6.07, 6.45) is 40.3. The fraction of sp³-hybridized carbons (Fsp3) is 0.942. The predicted molar refractivity (Wildman–Crippen MR) is 249 cm³/mol. The maximum Gasteiger partial charge on any atom is 0.308 e. The molecule has 1 saturated heterocycles. The Morgan fingerprint density at radius 1 is 0.407 bits per heavy atom. The number of unbranched alkanes of at least 4 members (excludes halogenated alkanes) is 16. The van der Waals surface area contributed by atoms with Crippen molar-refractivity contribution in [1.29, 1.82) is 0 Å². The summed E-state index contributed by atoms with van der Waals surface area (Å²) in [4.78, 5) is 40.7. The SMILES string of the molecule is CCCCCC(CCCCC)CCOC(=O)CCCCCCCCC(CCCCCCC(=O)OCCC(CCCCC)CCCCC)C(=O)OCCCN1CCCCC1. The minimum atomic E-state index is -0.0495. The van der Waals surface area contributed by atoms with Crippen LogP contribution < -0.4 is 0 Å². The summed E-state index contributed by atoms with van der Waals surface area (Å²) in [5, 5.41) is 0. The minimum absolute atomic E-state index is 0.0123. The van der Waals surface area contributed by atoms with Crippen molar-refractivity contribution < 1.29 is 28.6 Å². The molecule has 59 heavy (non-hydrogen) atoms. The lowest BCUT2D eigenvalue weighted by Gasteiger charge is -2.26. The van der Waals surface area contributed by atoms with Crippen molar-refractivity contribution in [3.05, 3.63) is 0 Å². The van der Waals surface area contributed by atoms with Crippen molar-refractivity contribution in [3.8, 4) is 0 Å². The number of likely N-dealkylation sites (tertiary alicyclic amines) is 1. The Kier molecular flexibility index (Phi) is 39.2. The van der Waals surface area contributed by atoms with Gasteiger partial charge in [-0.25, -0.2) is 0 Å². The molecule has 0 amide bonds. The van der Waals surface area contributed by atoms with Crippen LogP contribution in [0.2, 0.25) is 0 Å². The fourth-order valence-corrected chi connectivity index (χ4v) is 8.94. The van der Waals surface area contributed by atoms with Gasteiger partial charge in [0.25, 0.3) is 0 Å². The third-order valence-corrected chi connectivity index (χ3v) is 13.0. The van der Waals surface area contributed by atoms with Crippen LogP contribution in [0.1, 0.15) is 259 Å². The second kappa shape index (κ2) is 41.7. The number of rotatable bonds is 43. The smallest absolute Gasteiger partial charge is 0.308 e. The summed E-state index contributed by atoms with van der Waals surface area (Å²) in [5.41, 5.74) is 0. The third kappa shape index (κ3) is 34.6. The van der Waals surface area contributed by atoms with Gasteiger partial charge >= 0.3 is 17.9 Å². The molecule has 1 heterocycles. The maximum absolute atomic E-state index is 13.3. The molecule has 0 aromatic carbocycles. The first-order valence-electron chi connectivity index (χ1n) is 26.1. The first kappa shape index (κ1) is 55.4. The minimum Gasteiger partial charge on any atom is -0.466 e. The average molecular weight is 834 g/mol. The van der Waals surface area contributed by atoms with Gasteiger partial charge in [-0.05, 0) is 82.7 Å². The van der Waals surface area contributed by atoms with Crippen LogP contribution in [0.4, 0.5) is 0 Å². The molecule has 0 aliphatic carbocycles. The molecular formula is C52H99NO6. The molecule has 0 saturated carbocycles. The van der Waals surface area contributed by atoms with E-state index in [1.807, 2.05) is 0 Å². The number of hydrogen-bond acceptors (Lipinski definition) is 7. The van der Waals surface area contributed by atoms with E-state index in [0.717, 1.165) is 103 Å². The molecule has 0 spiro atoms. The van der Waals surface area contributed by atoms with Gasteiger partial charge in [0.1, 0.15) is 0 Å². The van der Waals surface area contributed by atoms with Gasteiger partial charge in [0, 0.05) is 19.4 Å². The second-order valence-corrected chi connectivity index (χ2v) is 18.5. The molecule has 0 N–H and O–H groups in total. The van der Waals surface area contributed by atoms with Gasteiger partial charge in [-0.2, -0.15) is 0 Å². The van der Waals surface area contributed by atoms with E-state index in [4.69, 9.17) is 14.2 Å². The lowest BCUT2D eigenvalue weighted by Crippen LogP contribution is -2.31. The van der Waals surface area contributed by atoms with Crippen molar-refractivity contribution >= 4 is 17.9 Å². The fourth-order valence-electron chi connectivity index (χ4n) is 8.94. The van der Waals surface area contributed by atoms with E-state index in [0.29, 0.717) is 44.5 Å². The van der Waals surface area contributed by atoms with Gasteiger partial charge < -0.3 is 19.1 Å². The Balaban J connectivity index is 2.33. The van der Waals surface area contributed by atoms with Crippen LogP contribution in [0.5, 0.6) is 0 Å². The number of nitrogens with zero attached hydrogens (tertiary/aromatic N) is 1. The van der Waals surface area contributed by atoms with Crippen molar-refractivity contribution in [2.45, 2.75) is 259 Å². The molecule has 0 aromatic heterocycles. The van der Waals surface area contributed by atoms with E-state index in [2.05, 4.69) is 32.6 Å². The highest BCUT2D eigenvalue weighted by Crippen LogP contribution is 2.24. The monoisotopic (exact) mass is 834 g/mol. The van der Waals surface area contributed by atoms with E-state index in [9.17, 15) is 14.4 Å². The van der Waals surface area contributed by atoms with E-state index < -0.39 is 0 Å². The zero-order valence-electron chi connectivity index (χ0n) is 39.8. The highest BCUT2D eigenvalue weighted by atomic mass is 16.5. The number of carbonyl (C=O) groups excluding carboxylic acids is 3. The van der Waals surface area contributed by atoms with E-state index >= 15 is 0 Å². The zero-order valence-corrected chi connectivity index (χ0v) is 39.8. The summed E-state index contributed by atoms with van der Waals surface area (Å²) in [7, 11) is 0. The van der Waals surface area contributed by atoms with E-state index in [1.54, 1.807) is 0 Å². The molecule has 1 aliphatic rings. The number of hydrogen-bond donors (Lipinski definition) is 0. The Hall–Kier alpha value is -1.63. The van der Waals surface area contributed by atoms with E-state index in [-0.39, 0.29) is 23.8 Å². The standard InChI is InChI=1S/C52H99NO6/c1-5-9-20-31-47(32-21-10-6-2)39-45-57-50(54)37-26-16-14-13-15-24-35-49(52(56)59-44-30-43-53-41-28-19-29-42-53)36-25-17-18-27-38-51(55)58-46-40-48(33-22-11-7-3)34-23-12-8-4/h47-49H,5-46H2,1-4H3. The summed E-state index contributed by atoms with van der Waals surface area (Å²) in [6, 6.07) is 0. The normalized spacial score (nSPS) is 13.9. The van der Waals surface area contributed by atoms with Gasteiger partial charge in [-0.15, -0.1) is 0 Å². The topological polar surface area (TPSA) is 82.1 Å². The van der Waals surface area contributed by atoms with Crippen LogP contribution in [0.3, 0.4) is 0 Å². The molecule has 0 bridgehead atoms. The highest BCUT2D eigenvalue weighted by molar-refractivity contribution is 5.72. The Morgan fingerprint density at radius 3 is 1.22 bits per heavy atom. The van der Waals surface area contributed by atoms with Crippen LogP contribution >= 0.6 is 0 Å². The summed E-state index contributed by atoms with van der Waals surface area (Å²) >= 11 is 0. The van der Waals surface area contributed by atoms with Crippen LogP contribution in [0.25, 0.3) is 0 Å².